The summed E-state index contributed by atoms with van der Waals surface area (Å²) < 4.78 is 10.6. The van der Waals surface area contributed by atoms with Crippen LogP contribution in [0.5, 0.6) is 0 Å². The Hall–Kier alpha value is -0.850. The zero-order valence-electron chi connectivity index (χ0n) is 10.8. The summed E-state index contributed by atoms with van der Waals surface area (Å²) in [5.41, 5.74) is 5.84. The maximum absolute atomic E-state index is 9.57. The molecule has 3 N–H and O–H groups in total. The number of rotatable bonds is 3. The van der Waals surface area contributed by atoms with Crippen LogP contribution >= 0.6 is 0 Å². The van der Waals surface area contributed by atoms with Gasteiger partial charge in [0.25, 0.3) is 0 Å². The van der Waals surface area contributed by atoms with E-state index < -0.39 is 0 Å². The first-order chi connectivity index (χ1) is 8.76. The highest BCUT2D eigenvalue weighted by molar-refractivity contribution is 5.78. The van der Waals surface area contributed by atoms with E-state index in [1.165, 1.54) is 0 Å². The second-order valence-corrected chi connectivity index (χ2v) is 5.04. The highest BCUT2D eigenvalue weighted by Gasteiger charge is 2.32. The van der Waals surface area contributed by atoms with Crippen LogP contribution in [-0.4, -0.2) is 68.6 Å². The molecule has 0 aromatic carbocycles. The van der Waals surface area contributed by atoms with E-state index in [2.05, 4.69) is 4.99 Å². The lowest BCUT2D eigenvalue weighted by molar-refractivity contribution is -0.0108. The van der Waals surface area contributed by atoms with Crippen LogP contribution in [0.2, 0.25) is 0 Å². The van der Waals surface area contributed by atoms with Gasteiger partial charge in [0.05, 0.1) is 26.4 Å². The van der Waals surface area contributed by atoms with Crippen molar-refractivity contribution in [1.82, 2.24) is 4.90 Å². The Morgan fingerprint density at radius 1 is 1.17 bits per heavy atom. The van der Waals surface area contributed by atoms with E-state index in [1.54, 1.807) is 0 Å². The molecule has 6 nitrogen and oxygen atoms in total. The van der Waals surface area contributed by atoms with Gasteiger partial charge >= 0.3 is 0 Å². The maximum Gasteiger partial charge on any atom is 0.191 e. The summed E-state index contributed by atoms with van der Waals surface area (Å²) in [7, 11) is 0. The molecule has 0 atom stereocenters. The van der Waals surface area contributed by atoms with E-state index in [0.29, 0.717) is 38.9 Å². The van der Waals surface area contributed by atoms with Crippen LogP contribution in [0.1, 0.15) is 12.8 Å². The minimum atomic E-state index is -0.144. The summed E-state index contributed by atoms with van der Waals surface area (Å²) >= 11 is 0. The van der Waals surface area contributed by atoms with Gasteiger partial charge in [-0.2, -0.15) is 0 Å². The topological polar surface area (TPSA) is 80.3 Å². The number of ether oxygens (including phenoxy) is 2. The molecule has 6 heteroatoms. The highest BCUT2D eigenvalue weighted by atomic mass is 16.5. The van der Waals surface area contributed by atoms with Gasteiger partial charge in [0.2, 0.25) is 0 Å². The normalized spacial score (nSPS) is 25.2. The minimum Gasteiger partial charge on any atom is -0.396 e. The Balaban J connectivity index is 1.90. The van der Waals surface area contributed by atoms with E-state index >= 15 is 0 Å². The Labute approximate surface area is 108 Å². The molecule has 2 rings (SSSR count). The summed E-state index contributed by atoms with van der Waals surface area (Å²) in [5, 5.41) is 9.57. The average Bonchev–Trinajstić information content (AvgIpc) is 2.47. The molecule has 2 saturated heterocycles. The van der Waals surface area contributed by atoms with Gasteiger partial charge in [-0.05, 0) is 12.8 Å². The van der Waals surface area contributed by atoms with Gasteiger partial charge in [0, 0.05) is 31.7 Å². The lowest BCUT2D eigenvalue weighted by Crippen LogP contribution is -2.45. The minimum absolute atomic E-state index is 0.144. The zero-order chi connectivity index (χ0) is 12.8. The van der Waals surface area contributed by atoms with Gasteiger partial charge < -0.3 is 25.2 Å². The van der Waals surface area contributed by atoms with Crippen molar-refractivity contribution >= 4 is 5.96 Å². The third kappa shape index (κ3) is 3.34. The first kappa shape index (κ1) is 13.6. The summed E-state index contributed by atoms with van der Waals surface area (Å²) in [4.78, 5) is 6.50. The van der Waals surface area contributed by atoms with Crippen LogP contribution in [0.4, 0.5) is 0 Å². The molecule has 104 valence electrons. The van der Waals surface area contributed by atoms with E-state index in [1.807, 2.05) is 4.90 Å². The Bertz CT molecular complexity index is 284. The van der Waals surface area contributed by atoms with Gasteiger partial charge in [0.1, 0.15) is 0 Å². The average molecular weight is 257 g/mol. The van der Waals surface area contributed by atoms with Gasteiger partial charge in [-0.3, -0.25) is 4.99 Å². The van der Waals surface area contributed by atoms with Gasteiger partial charge in [-0.1, -0.05) is 0 Å². The number of aliphatic hydroxyl groups excluding tert-OH is 1. The van der Waals surface area contributed by atoms with Crippen LogP contribution in [0, 0.1) is 5.41 Å². The van der Waals surface area contributed by atoms with E-state index in [-0.39, 0.29) is 12.0 Å². The number of nitrogens with two attached hydrogens (primary N) is 1. The molecular weight excluding hydrogens is 234 g/mol. The molecule has 2 aliphatic rings. The molecule has 0 amide bonds. The second-order valence-electron chi connectivity index (χ2n) is 5.04. The van der Waals surface area contributed by atoms with E-state index in [0.717, 1.165) is 25.9 Å². The lowest BCUT2D eigenvalue weighted by atomic mass is 9.81. The standard InChI is InChI=1S/C12H23N3O3/c13-11(15-3-7-18-8-4-15)14-9-12(10-16)1-5-17-6-2-12/h16H,1-10H2,(H2,13,14). The second kappa shape index (κ2) is 6.36. The number of morpholine rings is 1. The predicted octanol–water partition coefficient (Wildman–Crippen LogP) is -0.578. The van der Waals surface area contributed by atoms with Crippen molar-refractivity contribution in [2.24, 2.45) is 16.1 Å². The summed E-state index contributed by atoms with van der Waals surface area (Å²) in [6, 6.07) is 0. The predicted molar refractivity (Wildman–Crippen MR) is 68.5 cm³/mol. The largest absolute Gasteiger partial charge is 0.396 e. The zero-order valence-corrected chi connectivity index (χ0v) is 10.8. The molecule has 0 aromatic heterocycles. The fourth-order valence-electron chi connectivity index (χ4n) is 2.31. The fraction of sp³-hybridized carbons (Fsp3) is 0.917. The molecule has 2 heterocycles. The first-order valence-corrected chi connectivity index (χ1v) is 6.57. The summed E-state index contributed by atoms with van der Waals surface area (Å²) in [6.45, 7) is 5.13. The van der Waals surface area contributed by atoms with Crippen LogP contribution < -0.4 is 5.73 Å². The summed E-state index contributed by atoms with van der Waals surface area (Å²) in [5.74, 6) is 0.567. The van der Waals surface area contributed by atoms with Crippen molar-refractivity contribution < 1.29 is 14.6 Å². The fourth-order valence-corrected chi connectivity index (χ4v) is 2.31. The number of guanidine groups is 1. The molecule has 0 bridgehead atoms. The van der Waals surface area contributed by atoms with Crippen LogP contribution in [-0.2, 0) is 9.47 Å². The Morgan fingerprint density at radius 3 is 2.39 bits per heavy atom. The smallest absolute Gasteiger partial charge is 0.191 e. The van der Waals surface area contributed by atoms with Gasteiger partial charge in [0.15, 0.2) is 5.96 Å². The van der Waals surface area contributed by atoms with Gasteiger partial charge in [-0.15, -0.1) is 0 Å². The van der Waals surface area contributed by atoms with Crippen molar-refractivity contribution in [3.8, 4) is 0 Å². The molecule has 0 saturated carbocycles. The van der Waals surface area contributed by atoms with Crippen LogP contribution in [0.15, 0.2) is 4.99 Å². The molecule has 0 spiro atoms. The molecular formula is C12H23N3O3. The lowest BCUT2D eigenvalue weighted by Gasteiger charge is -2.34. The third-order valence-corrected chi connectivity index (χ3v) is 3.80. The van der Waals surface area contributed by atoms with Crippen LogP contribution in [0.3, 0.4) is 0 Å². The van der Waals surface area contributed by atoms with Crippen molar-refractivity contribution in [3.63, 3.8) is 0 Å². The number of aliphatic hydroxyl groups is 1. The Morgan fingerprint density at radius 2 is 1.78 bits per heavy atom. The maximum atomic E-state index is 9.57. The molecule has 0 unspecified atom stereocenters. The quantitative estimate of drug-likeness (QED) is 0.522. The number of aliphatic imine (C=N–C) groups is 1. The molecule has 2 aliphatic heterocycles. The summed E-state index contributed by atoms with van der Waals surface area (Å²) in [6.07, 6.45) is 1.70. The highest BCUT2D eigenvalue weighted by Crippen LogP contribution is 2.30. The Kier molecular flexibility index (Phi) is 4.79. The molecule has 0 aliphatic carbocycles. The van der Waals surface area contributed by atoms with Crippen molar-refractivity contribution in [2.45, 2.75) is 12.8 Å². The molecule has 0 aromatic rings. The van der Waals surface area contributed by atoms with Crippen molar-refractivity contribution in [3.05, 3.63) is 0 Å². The van der Waals surface area contributed by atoms with Crippen LogP contribution in [0.25, 0.3) is 0 Å². The SMILES string of the molecule is NC(=NCC1(CO)CCOCC1)N1CCOCC1. The number of hydrogen-bond donors (Lipinski definition) is 2. The van der Waals surface area contributed by atoms with Gasteiger partial charge in [-0.25, -0.2) is 0 Å². The van der Waals surface area contributed by atoms with E-state index in [4.69, 9.17) is 15.2 Å². The van der Waals surface area contributed by atoms with Crippen molar-refractivity contribution in [1.29, 1.82) is 0 Å². The molecule has 18 heavy (non-hydrogen) atoms. The number of hydrogen-bond acceptors (Lipinski definition) is 4. The van der Waals surface area contributed by atoms with Crippen molar-refractivity contribution in [2.75, 3.05) is 52.7 Å². The monoisotopic (exact) mass is 257 g/mol. The first-order valence-electron chi connectivity index (χ1n) is 6.57. The van der Waals surface area contributed by atoms with E-state index in [9.17, 15) is 5.11 Å². The number of nitrogens with zero attached hydrogens (tertiary/aromatic N) is 2. The molecule has 0 radical (unpaired) electrons. The molecule has 2 fully saturated rings. The third-order valence-electron chi connectivity index (χ3n) is 3.80.